The fraction of sp³-hybridized carbons (Fsp3) is 0.419. The number of rotatable bonds is 58. The Morgan fingerprint density at radius 1 is 0.347 bits per heavy atom. The van der Waals surface area contributed by atoms with Crippen molar-refractivity contribution in [2.75, 3.05) is 131 Å². The highest BCUT2D eigenvalue weighted by Crippen LogP contribution is 2.27. The standard InChI is InChI=1S/C86H120N22O16/c87-37-46-108(47-40-92-71(109)33-35-73(111)94-42-49-121-53-55-123-51-44-98-85(119)106-81(88)96-38-13-23-69(77(113)100-57-61-25-29-63(30-26-61)59-102-83(90)117)104-79(115)75(65-15-5-1-6-16-65)66-17-7-2-8-18-66)48-41-93-72(110)34-36-74(112)95-43-50-122-54-56-124-52-45-99-86(120)107-82(89)97-39-14-24-70(78(114)101-58-62-27-31-64(32-28-62)60-103-84(91)118)105-80(116)76(67-19-9-3-10-20-67)68-21-11-4-12-22-68/h1-12,15-22,25-32,69-70,75-76H,13-14,23-24,33-60,87H2,(H,92,109)(H,93,110)(H,94,111)(H,95,112)(H,100,113)(H,101,114)(H,104,115)(H,105,116)(H3,90,102,117)(H3,91,103,118)(H4,88,96,98,106,119)(H4,89,97,99,107,120)/t69-,70-/m0/s1. The van der Waals surface area contributed by atoms with Gasteiger partial charge in [-0.25, -0.2) is 19.2 Å². The van der Waals surface area contributed by atoms with E-state index in [2.05, 4.69) is 84.7 Å². The largest absolute Gasteiger partial charge is 0.377 e. The molecule has 16 amide bonds. The van der Waals surface area contributed by atoms with Crippen molar-refractivity contribution in [1.82, 2.24) is 84.7 Å². The molecule has 0 aliphatic carbocycles. The van der Waals surface area contributed by atoms with Crippen molar-refractivity contribution in [2.24, 2.45) is 27.9 Å². The minimum atomic E-state index is -0.955. The monoisotopic (exact) mass is 1720 g/mol. The summed E-state index contributed by atoms with van der Waals surface area (Å²) in [4.78, 5) is 159. The summed E-state index contributed by atoms with van der Waals surface area (Å²) in [6, 6.07) is 47.0. The van der Waals surface area contributed by atoms with Crippen LogP contribution in [-0.2, 0) is 83.5 Å². The van der Waals surface area contributed by atoms with Crippen molar-refractivity contribution in [3.8, 4) is 0 Å². The molecule has 2 atom stereocenters. The van der Waals surface area contributed by atoms with Gasteiger partial charge in [-0.05, 0) is 70.2 Å². The van der Waals surface area contributed by atoms with Gasteiger partial charge in [-0.1, -0.05) is 170 Å². The molecule has 0 unspecified atom stereocenters. The Hall–Kier alpha value is -13.1. The molecule has 0 aromatic heterocycles. The summed E-state index contributed by atoms with van der Waals surface area (Å²) in [7, 11) is 0. The SMILES string of the molecule is N=C(NCCC[C@H](NC(=O)C(c1ccccc1)c1ccccc1)C(=O)NCc1ccc(CNC(N)=O)cc1)NC(=O)NCCOCCOCCNC(=O)CCC(=O)NCCN(CCN)CCNC(=O)CCC(=O)NCCOCCOCCNC(=O)NC(N)=NCCC[C@H](NC(=O)C(c1ccccc1)c1ccccc1)C(=O)NCc1ccc(CNC(N)=O)cc1. The molecule has 0 saturated carbocycles. The smallest absolute Gasteiger partial charge is 0.321 e. The Balaban J connectivity index is 0.722. The van der Waals surface area contributed by atoms with Gasteiger partial charge >= 0.3 is 24.1 Å². The molecule has 0 aliphatic heterocycles. The van der Waals surface area contributed by atoms with Gasteiger partial charge in [-0.2, -0.15) is 0 Å². The molecule has 0 spiro atoms. The van der Waals surface area contributed by atoms with Crippen molar-refractivity contribution >= 4 is 83.3 Å². The maximum Gasteiger partial charge on any atom is 0.321 e. The topological polar surface area (TPSA) is 566 Å². The van der Waals surface area contributed by atoms with E-state index < -0.39 is 59.9 Å². The third-order valence-corrected chi connectivity index (χ3v) is 18.7. The van der Waals surface area contributed by atoms with Crippen LogP contribution in [-0.4, -0.2) is 232 Å². The average Bonchev–Trinajstić information content (AvgIpc) is 0.827. The van der Waals surface area contributed by atoms with Crippen LogP contribution in [0, 0.1) is 5.41 Å². The molecule has 0 radical (unpaired) electrons. The Labute approximate surface area is 721 Å². The third-order valence-electron chi connectivity index (χ3n) is 18.7. The van der Waals surface area contributed by atoms with E-state index in [4.69, 9.17) is 47.3 Å². The van der Waals surface area contributed by atoms with Crippen LogP contribution in [0.5, 0.6) is 0 Å². The number of carbonyl (C=O) groups is 12. The zero-order chi connectivity index (χ0) is 89.2. The molecule has 0 heterocycles. The lowest BCUT2D eigenvalue weighted by molar-refractivity contribution is -0.129. The Kier molecular flexibility index (Phi) is 47.9. The summed E-state index contributed by atoms with van der Waals surface area (Å²) in [5.74, 6) is -4.69. The first kappa shape index (κ1) is 99.7. The van der Waals surface area contributed by atoms with Crippen LogP contribution in [0.1, 0.15) is 108 Å². The second-order valence-electron chi connectivity index (χ2n) is 28.2. The molecule has 6 aromatic carbocycles. The summed E-state index contributed by atoms with van der Waals surface area (Å²) in [5.41, 5.74) is 28.4. The second kappa shape index (κ2) is 59.5. The predicted octanol–water partition coefficient (Wildman–Crippen LogP) is 0.940. The molecule has 0 bridgehead atoms. The maximum absolute atomic E-state index is 14.1. The number of nitrogens with one attached hydrogen (secondary N) is 16. The summed E-state index contributed by atoms with van der Waals surface area (Å²) in [6.45, 7) is 5.60. The maximum atomic E-state index is 14.1. The van der Waals surface area contributed by atoms with E-state index in [9.17, 15) is 57.5 Å². The molecular formula is C86H120N22O16. The Bertz CT molecular complexity index is 4200. The number of ether oxygens (including phenoxy) is 4. The van der Waals surface area contributed by atoms with E-state index in [-0.39, 0.29) is 217 Å². The highest BCUT2D eigenvalue weighted by Gasteiger charge is 2.30. The Morgan fingerprint density at radius 2 is 0.669 bits per heavy atom. The van der Waals surface area contributed by atoms with Gasteiger partial charge in [0.15, 0.2) is 11.9 Å². The van der Waals surface area contributed by atoms with Crippen LogP contribution >= 0.6 is 0 Å². The van der Waals surface area contributed by atoms with E-state index in [0.717, 1.165) is 44.5 Å². The van der Waals surface area contributed by atoms with Crippen LogP contribution in [0.4, 0.5) is 19.2 Å². The minimum Gasteiger partial charge on any atom is -0.377 e. The quantitative estimate of drug-likeness (QED) is 0.0143. The summed E-state index contributed by atoms with van der Waals surface area (Å²) < 4.78 is 22.1. The first-order valence-electron chi connectivity index (χ1n) is 41.2. The van der Waals surface area contributed by atoms with Crippen LogP contribution < -0.4 is 103 Å². The van der Waals surface area contributed by atoms with Crippen molar-refractivity contribution in [3.05, 3.63) is 214 Å². The molecule has 24 N–H and O–H groups in total. The number of primary amides is 2. The normalized spacial score (nSPS) is 11.5. The number of nitrogens with zero attached hydrogens (tertiary/aromatic N) is 2. The fourth-order valence-electron chi connectivity index (χ4n) is 12.3. The van der Waals surface area contributed by atoms with Gasteiger partial charge in [-0.15, -0.1) is 0 Å². The first-order chi connectivity index (χ1) is 60.1. The van der Waals surface area contributed by atoms with Crippen molar-refractivity contribution < 1.29 is 76.5 Å². The molecule has 38 nitrogen and oxygen atoms in total. The number of guanidine groups is 2. The predicted molar refractivity (Wildman–Crippen MR) is 466 cm³/mol. The fourth-order valence-corrected chi connectivity index (χ4v) is 12.3. The zero-order valence-electron chi connectivity index (χ0n) is 69.8. The number of aliphatic imine (C=N–C) groups is 1. The van der Waals surface area contributed by atoms with Crippen LogP contribution in [0.3, 0.4) is 0 Å². The van der Waals surface area contributed by atoms with E-state index in [1.807, 2.05) is 150 Å². The molecule has 0 fully saturated rings. The van der Waals surface area contributed by atoms with E-state index in [0.29, 0.717) is 39.0 Å². The van der Waals surface area contributed by atoms with Crippen molar-refractivity contribution in [2.45, 2.75) is 101 Å². The number of amides is 16. The molecule has 124 heavy (non-hydrogen) atoms. The highest BCUT2D eigenvalue weighted by atomic mass is 16.5. The van der Waals surface area contributed by atoms with Gasteiger partial charge in [0.2, 0.25) is 47.3 Å². The number of carbonyl (C=O) groups excluding carboxylic acids is 12. The van der Waals surface area contributed by atoms with E-state index >= 15 is 0 Å². The van der Waals surface area contributed by atoms with Crippen LogP contribution in [0.15, 0.2) is 175 Å². The molecule has 0 saturated heterocycles. The van der Waals surface area contributed by atoms with Gasteiger partial charge in [-0.3, -0.25) is 64.3 Å². The summed E-state index contributed by atoms with van der Waals surface area (Å²) >= 11 is 0. The number of hydrogen-bond acceptors (Lipinski definition) is 20. The lowest BCUT2D eigenvalue weighted by Crippen LogP contribution is -2.49. The lowest BCUT2D eigenvalue weighted by Gasteiger charge is -2.23. The van der Waals surface area contributed by atoms with Gasteiger partial charge in [0, 0.05) is 130 Å². The van der Waals surface area contributed by atoms with Crippen LogP contribution in [0.25, 0.3) is 0 Å². The molecule has 6 rings (SSSR count). The third kappa shape index (κ3) is 42.9. The van der Waals surface area contributed by atoms with Gasteiger partial charge in [0.25, 0.3) is 0 Å². The van der Waals surface area contributed by atoms with Crippen molar-refractivity contribution in [1.29, 1.82) is 5.41 Å². The van der Waals surface area contributed by atoms with Crippen LogP contribution in [0.2, 0.25) is 0 Å². The van der Waals surface area contributed by atoms with Gasteiger partial charge in [0.05, 0.1) is 64.7 Å². The first-order valence-corrected chi connectivity index (χ1v) is 41.2. The summed E-state index contributed by atoms with van der Waals surface area (Å²) in [6.07, 6.45) is 0.880. The molecule has 0 aliphatic rings. The van der Waals surface area contributed by atoms with Gasteiger partial charge in [0.1, 0.15) is 12.1 Å². The highest BCUT2D eigenvalue weighted by molar-refractivity contribution is 5.96. The van der Waals surface area contributed by atoms with Gasteiger partial charge < -0.3 is 111 Å². The van der Waals surface area contributed by atoms with E-state index in [1.54, 1.807) is 24.3 Å². The average molecular weight is 1720 g/mol. The number of nitrogens with two attached hydrogens (primary N) is 4. The molecule has 38 heteroatoms. The molecular weight excluding hydrogens is 1600 g/mol. The zero-order valence-corrected chi connectivity index (χ0v) is 69.8. The van der Waals surface area contributed by atoms with E-state index in [1.165, 1.54) is 0 Å². The summed E-state index contributed by atoms with van der Waals surface area (Å²) in [5, 5.41) is 49.0. The second-order valence-corrected chi connectivity index (χ2v) is 28.2. The lowest BCUT2D eigenvalue weighted by atomic mass is 9.90. The molecule has 6 aromatic rings. The Morgan fingerprint density at radius 3 is 1.02 bits per heavy atom. The minimum absolute atomic E-state index is 0.0354. The number of urea groups is 4. The van der Waals surface area contributed by atoms with Crippen molar-refractivity contribution in [3.63, 3.8) is 0 Å². The number of benzene rings is 6. The molecule has 670 valence electrons. The number of hydrogen-bond donors (Lipinski definition) is 20.